The number of ether oxygens (including phenoxy) is 4. The van der Waals surface area contributed by atoms with E-state index in [0.717, 1.165) is 23.0 Å². The third kappa shape index (κ3) is 7.93. The molecule has 0 saturated heterocycles. The Morgan fingerprint density at radius 2 is 0.638 bits per heavy atom. The summed E-state index contributed by atoms with van der Waals surface area (Å²) in [4.78, 5) is 0. The van der Waals surface area contributed by atoms with Crippen molar-refractivity contribution in [3.05, 3.63) is 133 Å². The summed E-state index contributed by atoms with van der Waals surface area (Å²) in [6.07, 6.45) is 0. The van der Waals surface area contributed by atoms with Gasteiger partial charge in [0.05, 0.1) is 28.4 Å². The molecule has 0 heterocycles. The first-order valence-corrected chi connectivity index (χ1v) is 20.9. The van der Waals surface area contributed by atoms with E-state index in [1.807, 2.05) is 36.4 Å². The number of hydrogen-bond acceptors (Lipinski definition) is 4. The van der Waals surface area contributed by atoms with Crippen molar-refractivity contribution < 1.29 is 18.9 Å². The van der Waals surface area contributed by atoms with Crippen molar-refractivity contribution in [2.45, 2.75) is 7.43 Å². The molecule has 0 aromatic heterocycles. The van der Waals surface area contributed by atoms with E-state index < -0.39 is 0 Å². The SMILES string of the molecule is C.COc1ccc(-c2ccccc2-c2ccc(OC)cc2)cc1.COc1ccc2c3ccccc3c3ccc(OC)cc3c2c1.II. The summed E-state index contributed by atoms with van der Waals surface area (Å²) in [5.41, 5.74) is 4.75. The Balaban J connectivity index is 0.000000198. The van der Waals surface area contributed by atoms with Gasteiger partial charge in [0.15, 0.2) is 0 Å². The minimum Gasteiger partial charge on any atom is -0.497 e. The maximum atomic E-state index is 5.41. The highest BCUT2D eigenvalue weighted by molar-refractivity contribution is 15.0. The third-order valence-electron chi connectivity index (χ3n) is 7.98. The van der Waals surface area contributed by atoms with Gasteiger partial charge in [-0.05, 0) is 103 Å². The smallest absolute Gasteiger partial charge is 0.119 e. The highest BCUT2D eigenvalue weighted by Crippen LogP contribution is 2.38. The molecule has 240 valence electrons. The maximum Gasteiger partial charge on any atom is 0.119 e. The van der Waals surface area contributed by atoms with E-state index in [1.54, 1.807) is 28.4 Å². The van der Waals surface area contributed by atoms with Gasteiger partial charge in [-0.3, -0.25) is 0 Å². The average Bonchev–Trinajstić information content (AvgIpc) is 3.15. The van der Waals surface area contributed by atoms with Crippen LogP contribution in [0.4, 0.5) is 0 Å². The normalized spacial score (nSPS) is 10.2. The minimum absolute atomic E-state index is 0. The van der Waals surface area contributed by atoms with E-state index in [0.29, 0.717) is 0 Å². The molecule has 0 atom stereocenters. The molecule has 0 spiro atoms. The van der Waals surface area contributed by atoms with Crippen LogP contribution in [-0.2, 0) is 0 Å². The summed E-state index contributed by atoms with van der Waals surface area (Å²) in [5.74, 6) is 3.47. The summed E-state index contributed by atoms with van der Waals surface area (Å²) in [6, 6.07) is 45.7. The van der Waals surface area contributed by atoms with Crippen LogP contribution in [0.2, 0.25) is 0 Å². The van der Waals surface area contributed by atoms with Gasteiger partial charge in [0.25, 0.3) is 0 Å². The fourth-order valence-electron chi connectivity index (χ4n) is 5.70. The van der Waals surface area contributed by atoms with Gasteiger partial charge < -0.3 is 18.9 Å². The van der Waals surface area contributed by atoms with E-state index in [9.17, 15) is 0 Å². The summed E-state index contributed by atoms with van der Waals surface area (Å²) in [7, 11) is 6.76. The van der Waals surface area contributed by atoms with Crippen LogP contribution in [-0.4, -0.2) is 28.4 Å². The molecule has 6 heteroatoms. The molecule has 7 aromatic rings. The molecule has 0 radical (unpaired) electrons. The molecule has 7 aromatic carbocycles. The van der Waals surface area contributed by atoms with E-state index >= 15 is 0 Å². The van der Waals surface area contributed by atoms with Crippen molar-refractivity contribution in [2.75, 3.05) is 28.4 Å². The molecule has 0 saturated carbocycles. The van der Waals surface area contributed by atoms with Gasteiger partial charge >= 0.3 is 0 Å². The Morgan fingerprint density at radius 1 is 0.340 bits per heavy atom. The first-order valence-electron chi connectivity index (χ1n) is 14.6. The van der Waals surface area contributed by atoms with Crippen molar-refractivity contribution in [1.82, 2.24) is 0 Å². The zero-order valence-electron chi connectivity index (χ0n) is 26.1. The monoisotopic (exact) mass is 848 g/mol. The van der Waals surface area contributed by atoms with Crippen LogP contribution in [0.5, 0.6) is 23.0 Å². The maximum absolute atomic E-state index is 5.41. The summed E-state index contributed by atoms with van der Waals surface area (Å²) < 4.78 is 21.3. The molecule has 0 amide bonds. The lowest BCUT2D eigenvalue weighted by Gasteiger charge is -2.12. The Kier molecular flexibility index (Phi) is 13.1. The number of hydrogen-bond donors (Lipinski definition) is 0. The van der Waals surface area contributed by atoms with Gasteiger partial charge in [-0.1, -0.05) is 92.4 Å². The van der Waals surface area contributed by atoms with Crippen LogP contribution in [0.3, 0.4) is 0 Å². The molecule has 4 nitrogen and oxygen atoms in total. The van der Waals surface area contributed by atoms with Crippen molar-refractivity contribution in [3.8, 4) is 45.3 Å². The van der Waals surface area contributed by atoms with Crippen LogP contribution in [0.25, 0.3) is 54.6 Å². The number of halogens is 2. The molecular formula is C41H38I2O4. The second-order valence-corrected chi connectivity index (χ2v) is 10.4. The lowest BCUT2D eigenvalue weighted by atomic mass is 9.94. The van der Waals surface area contributed by atoms with Crippen LogP contribution < -0.4 is 18.9 Å². The second-order valence-electron chi connectivity index (χ2n) is 10.4. The lowest BCUT2D eigenvalue weighted by molar-refractivity contribution is 0.414. The van der Waals surface area contributed by atoms with Gasteiger partial charge in [0.2, 0.25) is 0 Å². The first kappa shape index (κ1) is 35.8. The van der Waals surface area contributed by atoms with E-state index in [-0.39, 0.29) is 7.43 Å². The van der Waals surface area contributed by atoms with Gasteiger partial charge in [-0.25, -0.2) is 0 Å². The van der Waals surface area contributed by atoms with E-state index in [4.69, 9.17) is 18.9 Å². The standard InChI is InChI=1S/C20H16O2.C20H18O2.CH4.I2/c1-21-13-7-9-17-15-5-3-4-6-16(15)18-10-8-14(22-2)12-20(18)19(17)11-13;1-21-17-11-7-15(8-12-17)19-5-3-4-6-20(19)16-9-13-18(22-2)14-10-16;;1-2/h3-12H,1-2H3;3-14H,1-2H3;1H4;. The Morgan fingerprint density at radius 3 is 0.979 bits per heavy atom. The van der Waals surface area contributed by atoms with Gasteiger partial charge in [-0.2, -0.15) is 0 Å². The fraction of sp³-hybridized carbons (Fsp3) is 0.122. The molecule has 0 N–H and O–H groups in total. The second kappa shape index (κ2) is 17.2. The van der Waals surface area contributed by atoms with Crippen LogP contribution in [0.1, 0.15) is 7.43 Å². The predicted octanol–water partition coefficient (Wildman–Crippen LogP) is 12.6. The van der Waals surface area contributed by atoms with Crippen molar-refractivity contribution in [3.63, 3.8) is 0 Å². The van der Waals surface area contributed by atoms with Crippen LogP contribution >= 0.6 is 37.2 Å². The summed E-state index contributed by atoms with van der Waals surface area (Å²) in [5, 5.41) is 7.36. The minimum atomic E-state index is 0. The third-order valence-corrected chi connectivity index (χ3v) is 7.98. The highest BCUT2D eigenvalue weighted by atomic mass is 128. The lowest BCUT2D eigenvalue weighted by Crippen LogP contribution is -1.88. The van der Waals surface area contributed by atoms with Gasteiger partial charge in [0.1, 0.15) is 23.0 Å². The van der Waals surface area contributed by atoms with E-state index in [2.05, 4.69) is 134 Å². The summed E-state index contributed by atoms with van der Waals surface area (Å²) >= 11 is 4.24. The number of fused-ring (bicyclic) bond motifs is 6. The van der Waals surface area contributed by atoms with Gasteiger partial charge in [0, 0.05) is 37.2 Å². The predicted molar refractivity (Wildman–Crippen MR) is 217 cm³/mol. The Bertz CT molecular complexity index is 1910. The molecule has 0 fully saturated rings. The van der Waals surface area contributed by atoms with E-state index in [1.165, 1.54) is 54.6 Å². The van der Waals surface area contributed by atoms with Gasteiger partial charge in [-0.15, -0.1) is 0 Å². The quantitative estimate of drug-likeness (QED) is 0.123. The molecule has 7 rings (SSSR count). The number of benzene rings is 7. The largest absolute Gasteiger partial charge is 0.497 e. The molecule has 0 aliphatic heterocycles. The van der Waals surface area contributed by atoms with Crippen molar-refractivity contribution in [1.29, 1.82) is 0 Å². The Labute approximate surface area is 301 Å². The molecule has 0 bridgehead atoms. The summed E-state index contributed by atoms with van der Waals surface area (Å²) in [6.45, 7) is 0. The number of rotatable bonds is 6. The fourth-order valence-corrected chi connectivity index (χ4v) is 5.70. The number of methoxy groups -OCH3 is 4. The van der Waals surface area contributed by atoms with Crippen LogP contribution in [0.15, 0.2) is 133 Å². The topological polar surface area (TPSA) is 36.9 Å². The Hall–Kier alpha value is -4.02. The highest BCUT2D eigenvalue weighted by Gasteiger charge is 2.10. The molecule has 0 aliphatic rings. The average molecular weight is 849 g/mol. The molecule has 0 unspecified atom stereocenters. The van der Waals surface area contributed by atoms with Crippen molar-refractivity contribution >= 4 is 69.5 Å². The van der Waals surface area contributed by atoms with Crippen LogP contribution in [0, 0.1) is 0 Å². The zero-order chi connectivity index (χ0) is 32.5. The zero-order valence-corrected chi connectivity index (χ0v) is 30.4. The molecule has 0 aliphatic carbocycles. The molecular weight excluding hydrogens is 810 g/mol. The molecule has 47 heavy (non-hydrogen) atoms. The first-order chi connectivity index (χ1) is 22.6. The van der Waals surface area contributed by atoms with Crippen molar-refractivity contribution in [2.24, 2.45) is 0 Å².